The third kappa shape index (κ3) is 17.4. The van der Waals surface area contributed by atoms with Crippen molar-refractivity contribution < 1.29 is 15.0 Å². The minimum absolute atomic E-state index is 0.114. The summed E-state index contributed by atoms with van der Waals surface area (Å²) in [7, 11) is 0. The summed E-state index contributed by atoms with van der Waals surface area (Å²) >= 11 is 0. The number of carbonyl (C=O) groups is 1. The molecule has 1 unspecified atom stereocenters. The maximum absolute atomic E-state index is 10.4. The van der Waals surface area contributed by atoms with Crippen LogP contribution in [0.1, 0.15) is 97.3 Å². The SMILES string of the molecule is CC(C)CCCCCCCCCCCCC(O)CC(=O)O. The van der Waals surface area contributed by atoms with Gasteiger partial charge in [-0.2, -0.15) is 0 Å². The van der Waals surface area contributed by atoms with E-state index in [1.165, 1.54) is 57.8 Å². The molecule has 0 bridgehead atoms. The Morgan fingerprint density at radius 2 is 1.14 bits per heavy atom. The van der Waals surface area contributed by atoms with Crippen LogP contribution in [0.25, 0.3) is 0 Å². The molecule has 3 heteroatoms. The number of unbranched alkanes of at least 4 members (excludes halogenated alkanes) is 9. The van der Waals surface area contributed by atoms with Gasteiger partial charge in [-0.05, 0) is 12.3 Å². The van der Waals surface area contributed by atoms with Gasteiger partial charge in [-0.3, -0.25) is 4.79 Å². The highest BCUT2D eigenvalue weighted by molar-refractivity contribution is 5.67. The summed E-state index contributed by atoms with van der Waals surface area (Å²) in [5.74, 6) is -0.0603. The van der Waals surface area contributed by atoms with Crippen LogP contribution in [-0.4, -0.2) is 22.3 Å². The molecular formula is C18H36O3. The van der Waals surface area contributed by atoms with Crippen molar-refractivity contribution in [3.63, 3.8) is 0 Å². The second kappa shape index (κ2) is 14.4. The fourth-order valence-corrected chi connectivity index (χ4v) is 2.65. The third-order valence-electron chi connectivity index (χ3n) is 3.98. The average molecular weight is 300 g/mol. The van der Waals surface area contributed by atoms with E-state index >= 15 is 0 Å². The summed E-state index contributed by atoms with van der Waals surface area (Å²) in [6.07, 6.45) is 14.0. The first-order valence-corrected chi connectivity index (χ1v) is 8.92. The van der Waals surface area contributed by atoms with E-state index < -0.39 is 12.1 Å². The molecule has 0 aromatic carbocycles. The molecule has 0 aliphatic heterocycles. The lowest BCUT2D eigenvalue weighted by molar-refractivity contribution is -0.139. The fourth-order valence-electron chi connectivity index (χ4n) is 2.65. The molecule has 0 aromatic heterocycles. The van der Waals surface area contributed by atoms with E-state index in [0.717, 1.165) is 18.8 Å². The number of aliphatic hydroxyl groups excluding tert-OH is 1. The van der Waals surface area contributed by atoms with Crippen molar-refractivity contribution in [1.29, 1.82) is 0 Å². The average Bonchev–Trinajstić information content (AvgIpc) is 2.38. The zero-order valence-corrected chi connectivity index (χ0v) is 14.1. The highest BCUT2D eigenvalue weighted by Crippen LogP contribution is 2.14. The summed E-state index contributed by atoms with van der Waals surface area (Å²) in [5, 5.41) is 17.9. The van der Waals surface area contributed by atoms with Crippen molar-refractivity contribution in [1.82, 2.24) is 0 Å². The van der Waals surface area contributed by atoms with Crippen LogP contribution >= 0.6 is 0 Å². The molecule has 0 saturated carbocycles. The molecule has 0 radical (unpaired) electrons. The second-order valence-corrected chi connectivity index (χ2v) is 6.76. The molecule has 3 nitrogen and oxygen atoms in total. The number of hydrogen-bond donors (Lipinski definition) is 2. The first-order chi connectivity index (χ1) is 10.0. The van der Waals surface area contributed by atoms with Crippen LogP contribution in [0.15, 0.2) is 0 Å². The lowest BCUT2D eigenvalue weighted by atomic mass is 10.0. The van der Waals surface area contributed by atoms with Crippen molar-refractivity contribution in [2.45, 2.75) is 103 Å². The number of rotatable bonds is 15. The molecule has 21 heavy (non-hydrogen) atoms. The lowest BCUT2D eigenvalue weighted by Crippen LogP contribution is -2.12. The van der Waals surface area contributed by atoms with E-state index in [1.807, 2.05) is 0 Å². The Labute approximate surface area is 131 Å². The predicted octanol–water partition coefficient (Wildman–Crippen LogP) is 5.16. The van der Waals surface area contributed by atoms with E-state index in [4.69, 9.17) is 5.11 Å². The number of carboxylic acids is 1. The molecule has 1 atom stereocenters. The molecule has 0 spiro atoms. The monoisotopic (exact) mass is 300 g/mol. The molecule has 0 heterocycles. The summed E-state index contributed by atoms with van der Waals surface area (Å²) in [5.41, 5.74) is 0. The predicted molar refractivity (Wildman–Crippen MR) is 88.5 cm³/mol. The normalized spacial score (nSPS) is 12.8. The van der Waals surface area contributed by atoms with Gasteiger partial charge in [0.05, 0.1) is 12.5 Å². The highest BCUT2D eigenvalue weighted by Gasteiger charge is 2.08. The van der Waals surface area contributed by atoms with Crippen molar-refractivity contribution in [3.8, 4) is 0 Å². The zero-order valence-electron chi connectivity index (χ0n) is 14.1. The molecule has 126 valence electrons. The standard InChI is InChI=1S/C18H36O3/c1-16(2)13-11-9-7-5-3-4-6-8-10-12-14-17(19)15-18(20)21/h16-17,19H,3-15H2,1-2H3,(H,20,21). The van der Waals surface area contributed by atoms with Crippen LogP contribution in [0.2, 0.25) is 0 Å². The smallest absolute Gasteiger partial charge is 0.305 e. The first kappa shape index (κ1) is 20.4. The van der Waals surface area contributed by atoms with Crippen molar-refractivity contribution in [3.05, 3.63) is 0 Å². The topological polar surface area (TPSA) is 57.5 Å². The lowest BCUT2D eigenvalue weighted by Gasteiger charge is -2.07. The van der Waals surface area contributed by atoms with Crippen LogP contribution in [-0.2, 0) is 4.79 Å². The Kier molecular flexibility index (Phi) is 14.0. The molecule has 0 aliphatic rings. The number of carboxylic acid groups (broad SMARTS) is 1. The number of aliphatic carboxylic acids is 1. The quantitative estimate of drug-likeness (QED) is 0.411. The summed E-state index contributed by atoms with van der Waals surface area (Å²) in [6, 6.07) is 0. The van der Waals surface area contributed by atoms with Crippen LogP contribution < -0.4 is 0 Å². The van der Waals surface area contributed by atoms with E-state index in [2.05, 4.69) is 13.8 Å². The first-order valence-electron chi connectivity index (χ1n) is 8.92. The van der Waals surface area contributed by atoms with Gasteiger partial charge >= 0.3 is 5.97 Å². The molecule has 0 aliphatic carbocycles. The zero-order chi connectivity index (χ0) is 15.9. The van der Waals surface area contributed by atoms with Gasteiger partial charge in [0, 0.05) is 0 Å². The molecule has 2 N–H and O–H groups in total. The van der Waals surface area contributed by atoms with Crippen molar-refractivity contribution >= 4 is 5.97 Å². The number of aliphatic hydroxyl groups is 1. The molecular weight excluding hydrogens is 264 g/mol. The molecule has 0 aromatic rings. The Bertz CT molecular complexity index is 239. The van der Waals surface area contributed by atoms with E-state index in [1.54, 1.807) is 0 Å². The van der Waals surface area contributed by atoms with Gasteiger partial charge in [-0.15, -0.1) is 0 Å². The Balaban J connectivity index is 3.10. The van der Waals surface area contributed by atoms with Crippen LogP contribution in [0, 0.1) is 5.92 Å². The van der Waals surface area contributed by atoms with E-state index in [-0.39, 0.29) is 6.42 Å². The van der Waals surface area contributed by atoms with Crippen LogP contribution in [0.5, 0.6) is 0 Å². The second-order valence-electron chi connectivity index (χ2n) is 6.76. The molecule has 0 rings (SSSR count). The minimum atomic E-state index is -0.907. The van der Waals surface area contributed by atoms with E-state index in [9.17, 15) is 9.90 Å². The third-order valence-corrected chi connectivity index (χ3v) is 3.98. The Morgan fingerprint density at radius 3 is 1.52 bits per heavy atom. The molecule has 0 fully saturated rings. The number of hydrogen-bond acceptors (Lipinski definition) is 2. The van der Waals surface area contributed by atoms with Gasteiger partial charge in [-0.1, -0.05) is 84.5 Å². The molecule has 0 saturated heterocycles. The van der Waals surface area contributed by atoms with Gasteiger partial charge in [-0.25, -0.2) is 0 Å². The minimum Gasteiger partial charge on any atom is -0.481 e. The summed E-state index contributed by atoms with van der Waals surface area (Å²) < 4.78 is 0. The summed E-state index contributed by atoms with van der Waals surface area (Å²) in [4.78, 5) is 10.4. The van der Waals surface area contributed by atoms with Gasteiger partial charge in [0.25, 0.3) is 0 Å². The summed E-state index contributed by atoms with van der Waals surface area (Å²) in [6.45, 7) is 4.58. The Morgan fingerprint density at radius 1 is 0.762 bits per heavy atom. The van der Waals surface area contributed by atoms with E-state index in [0.29, 0.717) is 6.42 Å². The van der Waals surface area contributed by atoms with Gasteiger partial charge in [0.1, 0.15) is 0 Å². The van der Waals surface area contributed by atoms with Crippen LogP contribution in [0.3, 0.4) is 0 Å². The van der Waals surface area contributed by atoms with Gasteiger partial charge < -0.3 is 10.2 Å². The molecule has 0 amide bonds. The fraction of sp³-hybridized carbons (Fsp3) is 0.944. The van der Waals surface area contributed by atoms with Crippen LogP contribution in [0.4, 0.5) is 0 Å². The van der Waals surface area contributed by atoms with Crippen molar-refractivity contribution in [2.24, 2.45) is 5.92 Å². The highest BCUT2D eigenvalue weighted by atomic mass is 16.4. The van der Waals surface area contributed by atoms with Gasteiger partial charge in [0.15, 0.2) is 0 Å². The maximum Gasteiger partial charge on any atom is 0.305 e. The largest absolute Gasteiger partial charge is 0.481 e. The van der Waals surface area contributed by atoms with Crippen molar-refractivity contribution in [2.75, 3.05) is 0 Å². The Hall–Kier alpha value is -0.570. The van der Waals surface area contributed by atoms with Gasteiger partial charge in [0.2, 0.25) is 0 Å². The maximum atomic E-state index is 10.4.